The van der Waals surface area contributed by atoms with E-state index < -0.39 is 63.5 Å². The van der Waals surface area contributed by atoms with Gasteiger partial charge in [-0.1, -0.05) is 96.2 Å². The number of carbonyl (C=O) groups is 5. The molecule has 0 saturated carbocycles. The van der Waals surface area contributed by atoms with Crippen molar-refractivity contribution in [2.75, 3.05) is 17.7 Å². The van der Waals surface area contributed by atoms with Gasteiger partial charge in [-0.15, -0.1) is 23.1 Å². The zero-order valence-corrected chi connectivity index (χ0v) is 37.8. The fourth-order valence-electron chi connectivity index (χ4n) is 6.69. The molecule has 0 unspecified atom stereocenters. The van der Waals surface area contributed by atoms with E-state index >= 15 is 0 Å². The molecular weight excluding hydrogens is 831 g/mol. The predicted octanol–water partition coefficient (Wildman–Crippen LogP) is 6.95. The van der Waals surface area contributed by atoms with Gasteiger partial charge in [0.1, 0.15) is 46.2 Å². The van der Waals surface area contributed by atoms with Crippen LogP contribution in [0.4, 0.5) is 5.13 Å². The zero-order chi connectivity index (χ0) is 45.0. The van der Waals surface area contributed by atoms with Gasteiger partial charge in [0.2, 0.25) is 5.60 Å². The van der Waals surface area contributed by atoms with E-state index in [1.54, 1.807) is 46.9 Å². The Morgan fingerprint density at radius 2 is 1.34 bits per heavy atom. The van der Waals surface area contributed by atoms with Gasteiger partial charge < -0.3 is 29.7 Å². The van der Waals surface area contributed by atoms with Gasteiger partial charge in [-0.3, -0.25) is 19.3 Å². The molecule has 0 bridgehead atoms. The monoisotopic (exact) mass is 881 g/mol. The SMILES string of the molecule is CC(=O)OCC1=C(C(=O)OC(C)(C)C)N2C(=O)[C@@H](NC(=O)C(=NOC(C)(C)C(=O)OC(C)(C)C)c3csc(NC(c4ccccc4)(c4ccccc4)c4ccccc4)n3)[C@H]2SC1. The number of nitrogens with one attached hydrogen (secondary N) is 2. The van der Waals surface area contributed by atoms with Gasteiger partial charge in [0.05, 0.1) is 0 Å². The number of thiazole rings is 1. The molecule has 62 heavy (non-hydrogen) atoms. The highest BCUT2D eigenvalue weighted by molar-refractivity contribution is 8.00. The van der Waals surface area contributed by atoms with Crippen LogP contribution in [0.3, 0.4) is 0 Å². The van der Waals surface area contributed by atoms with Crippen molar-refractivity contribution in [1.82, 2.24) is 15.2 Å². The molecular formula is C46H51N5O9S2. The first kappa shape index (κ1) is 45.5. The van der Waals surface area contributed by atoms with Gasteiger partial charge in [0, 0.05) is 23.6 Å². The molecule has 1 aromatic heterocycles. The minimum absolute atomic E-state index is 0.0364. The summed E-state index contributed by atoms with van der Waals surface area (Å²) in [5, 5.41) is 12.0. The number of oxime groups is 1. The summed E-state index contributed by atoms with van der Waals surface area (Å²) in [5.74, 6) is -3.24. The lowest BCUT2D eigenvalue weighted by Gasteiger charge is -2.49. The minimum atomic E-state index is -1.65. The van der Waals surface area contributed by atoms with Crippen LogP contribution in [0, 0.1) is 0 Å². The summed E-state index contributed by atoms with van der Waals surface area (Å²) in [6.07, 6.45) is 0. The zero-order valence-electron chi connectivity index (χ0n) is 36.1. The molecule has 326 valence electrons. The highest BCUT2D eigenvalue weighted by Gasteiger charge is 2.55. The number of hydrogen-bond acceptors (Lipinski definition) is 14. The van der Waals surface area contributed by atoms with E-state index in [1.165, 1.54) is 48.8 Å². The Labute approximate surface area is 369 Å². The van der Waals surface area contributed by atoms with Crippen LogP contribution < -0.4 is 10.6 Å². The third-order valence-electron chi connectivity index (χ3n) is 9.51. The lowest BCUT2D eigenvalue weighted by Crippen LogP contribution is -2.71. The number of ether oxygens (including phenoxy) is 3. The number of nitrogens with zero attached hydrogens (tertiary/aromatic N) is 3. The Hall–Kier alpha value is -6.00. The second kappa shape index (κ2) is 18.2. The molecule has 14 nitrogen and oxygen atoms in total. The van der Waals surface area contributed by atoms with E-state index in [4.69, 9.17) is 24.0 Å². The maximum Gasteiger partial charge on any atom is 0.355 e. The van der Waals surface area contributed by atoms with Crippen molar-refractivity contribution in [3.05, 3.63) is 130 Å². The summed E-state index contributed by atoms with van der Waals surface area (Å²) in [6, 6.07) is 28.7. The van der Waals surface area contributed by atoms with Crippen molar-refractivity contribution in [2.24, 2.45) is 5.16 Å². The third-order valence-corrected chi connectivity index (χ3v) is 11.6. The lowest BCUT2D eigenvalue weighted by molar-refractivity contribution is -0.179. The molecule has 16 heteroatoms. The van der Waals surface area contributed by atoms with Crippen molar-refractivity contribution in [3.63, 3.8) is 0 Å². The first-order chi connectivity index (χ1) is 29.2. The van der Waals surface area contributed by atoms with E-state index in [2.05, 4.69) is 15.8 Å². The Morgan fingerprint density at radius 1 is 0.806 bits per heavy atom. The molecule has 0 radical (unpaired) electrons. The second-order valence-electron chi connectivity index (χ2n) is 17.1. The largest absolute Gasteiger partial charge is 0.461 e. The molecule has 2 atom stereocenters. The van der Waals surface area contributed by atoms with Gasteiger partial charge in [-0.25, -0.2) is 14.6 Å². The number of fused-ring (bicyclic) bond motifs is 1. The van der Waals surface area contributed by atoms with Gasteiger partial charge in [0.15, 0.2) is 10.8 Å². The molecule has 2 aliphatic heterocycles. The minimum Gasteiger partial charge on any atom is -0.461 e. The van der Waals surface area contributed by atoms with Crippen LogP contribution in [0.1, 0.15) is 84.7 Å². The van der Waals surface area contributed by atoms with Crippen LogP contribution in [0.2, 0.25) is 0 Å². The van der Waals surface area contributed by atoms with Crippen molar-refractivity contribution >= 4 is 63.7 Å². The fourth-order valence-corrected chi connectivity index (χ4v) is 8.77. The highest BCUT2D eigenvalue weighted by atomic mass is 32.2. The van der Waals surface area contributed by atoms with Gasteiger partial charge in [-0.2, -0.15) is 0 Å². The molecule has 0 spiro atoms. The van der Waals surface area contributed by atoms with Crippen molar-refractivity contribution in [3.8, 4) is 0 Å². The smallest absolute Gasteiger partial charge is 0.355 e. The Kier molecular flexibility index (Phi) is 13.3. The number of amides is 2. The number of benzene rings is 3. The summed E-state index contributed by atoms with van der Waals surface area (Å²) < 4.78 is 16.4. The van der Waals surface area contributed by atoms with Crippen molar-refractivity contribution in [1.29, 1.82) is 0 Å². The Balaban J connectivity index is 1.36. The number of aromatic nitrogens is 1. The third kappa shape index (κ3) is 10.2. The molecule has 0 aliphatic carbocycles. The number of β-lactam (4-membered cyclic amide) rings is 1. The number of esters is 3. The molecule has 3 heterocycles. The molecule has 2 amide bonds. The van der Waals surface area contributed by atoms with Gasteiger partial charge in [0.25, 0.3) is 11.8 Å². The van der Waals surface area contributed by atoms with E-state index in [0.717, 1.165) is 16.7 Å². The Bertz CT molecular complexity index is 2270. The quantitative estimate of drug-likeness (QED) is 0.0334. The predicted molar refractivity (Wildman–Crippen MR) is 237 cm³/mol. The summed E-state index contributed by atoms with van der Waals surface area (Å²) in [6.45, 7) is 14.2. The van der Waals surface area contributed by atoms with E-state index in [-0.39, 0.29) is 29.5 Å². The standard InChI is InChI=1S/C46H51N5O9S2/c1-28(52)57-25-29-26-61-39-35(38(54)51(39)36(29)40(55)58-43(2,3)4)48-37(53)34(50-60-45(8,9)41(56)59-44(5,6)7)33-27-62-42(47-33)49-46(30-19-13-10-14-20-30,31-21-15-11-16-22-31)32-23-17-12-18-24-32/h10-24,27,35,39H,25-26H2,1-9H3,(H,47,49)(H,48,53)/t35-,39-/m1/s1. The van der Waals surface area contributed by atoms with Crippen LogP contribution in [0.15, 0.2) is 113 Å². The van der Waals surface area contributed by atoms with Gasteiger partial charge in [-0.05, 0) is 72.1 Å². The van der Waals surface area contributed by atoms with Crippen LogP contribution in [-0.2, 0) is 48.6 Å². The van der Waals surface area contributed by atoms with E-state index in [1.807, 2.05) is 91.0 Å². The first-order valence-corrected chi connectivity index (χ1v) is 21.9. The van der Waals surface area contributed by atoms with Crippen molar-refractivity contribution in [2.45, 2.75) is 96.1 Å². The van der Waals surface area contributed by atoms with Crippen molar-refractivity contribution < 1.29 is 43.0 Å². The number of anilines is 1. The van der Waals surface area contributed by atoms with Crippen LogP contribution >= 0.6 is 23.1 Å². The molecule has 4 aromatic rings. The molecule has 2 aliphatic rings. The average Bonchev–Trinajstić information content (AvgIpc) is 3.68. The summed E-state index contributed by atoms with van der Waals surface area (Å²) in [7, 11) is 0. The van der Waals surface area contributed by atoms with E-state index in [0.29, 0.717) is 10.7 Å². The molecule has 6 rings (SSSR count). The van der Waals surface area contributed by atoms with Crippen LogP contribution in [0.5, 0.6) is 0 Å². The van der Waals surface area contributed by atoms with Gasteiger partial charge >= 0.3 is 17.9 Å². The number of hydrogen-bond donors (Lipinski definition) is 2. The highest BCUT2D eigenvalue weighted by Crippen LogP contribution is 2.42. The summed E-state index contributed by atoms with van der Waals surface area (Å²) in [5.41, 5.74) is -1.39. The molecule has 1 saturated heterocycles. The van der Waals surface area contributed by atoms with E-state index in [9.17, 15) is 24.0 Å². The maximum absolute atomic E-state index is 14.5. The van der Waals surface area contributed by atoms with Crippen LogP contribution in [-0.4, -0.2) is 85.9 Å². The topological polar surface area (TPSA) is 175 Å². The fraction of sp³-hybridized carbons (Fsp3) is 0.370. The number of thioether (sulfide) groups is 1. The summed E-state index contributed by atoms with van der Waals surface area (Å²) >= 11 is 2.50. The second-order valence-corrected chi connectivity index (χ2v) is 19.1. The summed E-state index contributed by atoms with van der Waals surface area (Å²) in [4.78, 5) is 78.8. The number of rotatable bonds is 14. The molecule has 1 fully saturated rings. The van der Waals surface area contributed by atoms with Crippen LogP contribution in [0.25, 0.3) is 0 Å². The molecule has 3 aromatic carbocycles. The first-order valence-electron chi connectivity index (χ1n) is 19.9. The lowest BCUT2D eigenvalue weighted by atomic mass is 9.77. The number of carbonyl (C=O) groups excluding carboxylic acids is 5. The normalized spacial score (nSPS) is 17.0. The Morgan fingerprint density at radius 3 is 1.84 bits per heavy atom. The average molecular weight is 882 g/mol. The molecule has 2 N–H and O–H groups in total. The maximum atomic E-state index is 14.5.